The van der Waals surface area contributed by atoms with Crippen molar-refractivity contribution in [3.05, 3.63) is 66.2 Å². The van der Waals surface area contributed by atoms with Gasteiger partial charge in [0.2, 0.25) is 5.91 Å². The van der Waals surface area contributed by atoms with E-state index in [2.05, 4.69) is 4.90 Å². The van der Waals surface area contributed by atoms with Crippen molar-refractivity contribution < 1.29 is 32.6 Å². The number of piperazine rings is 1. The number of amides is 2. The zero-order valence-electron chi connectivity index (χ0n) is 21.3. The number of esters is 1. The summed E-state index contributed by atoms with van der Waals surface area (Å²) in [5, 5.41) is 9.47. The highest BCUT2D eigenvalue weighted by atomic mass is 32.2. The lowest BCUT2D eigenvalue weighted by molar-refractivity contribution is -0.175. The number of nitrogens with zero attached hydrogens (tertiary/aromatic N) is 3. The number of fused-ring (bicyclic) bond motifs is 1. The third kappa shape index (κ3) is 4.14. The molecule has 38 heavy (non-hydrogen) atoms. The van der Waals surface area contributed by atoms with Crippen LogP contribution in [0.3, 0.4) is 0 Å². The van der Waals surface area contributed by atoms with Gasteiger partial charge >= 0.3 is 5.97 Å². The Labute approximate surface area is 221 Å². The van der Waals surface area contributed by atoms with E-state index in [1.165, 1.54) is 18.7 Å². The van der Waals surface area contributed by atoms with Gasteiger partial charge in [0.05, 0.1) is 4.75 Å². The third-order valence-corrected chi connectivity index (χ3v) is 10.7. The number of rotatable bonds is 6. The van der Waals surface area contributed by atoms with Crippen LogP contribution in [0, 0.1) is 5.92 Å². The highest BCUT2D eigenvalue weighted by Gasteiger charge is 2.74. The van der Waals surface area contributed by atoms with Crippen molar-refractivity contribution in [3.8, 4) is 0 Å². The van der Waals surface area contributed by atoms with Crippen LogP contribution < -0.4 is 4.90 Å². The molecule has 202 valence electrons. The van der Waals surface area contributed by atoms with Crippen LogP contribution in [0.5, 0.6) is 0 Å². The minimum absolute atomic E-state index is 0.0709. The summed E-state index contributed by atoms with van der Waals surface area (Å²) in [7, 11) is -4.11. The summed E-state index contributed by atoms with van der Waals surface area (Å²) in [6.45, 7) is 4.40. The molecule has 11 heteroatoms. The summed E-state index contributed by atoms with van der Waals surface area (Å²) >= 11 is 0. The standard InChI is InChI=1S/C27H31N3O7S/c1-27(2)22(26(34)37-17-18-9-5-3-6-10-18)30-23(32)20(25(30)38(27,35)36)21(31)24(33)29-15-13-28(14-16-29)19-11-7-4-8-12-19/h3-12,20-22,25,31H,13-17H2,1-2H3/t20-,21+,22+,25-/m1/s1. The van der Waals surface area contributed by atoms with Crippen LogP contribution in [-0.2, 0) is 35.6 Å². The second-order valence-corrected chi connectivity index (χ2v) is 13.0. The maximum Gasteiger partial charge on any atom is 0.330 e. The predicted octanol–water partition coefficient (Wildman–Crippen LogP) is 0.800. The normalized spacial score (nSPS) is 26.3. The number of sulfone groups is 1. The van der Waals surface area contributed by atoms with Crippen LogP contribution in [0.4, 0.5) is 5.69 Å². The van der Waals surface area contributed by atoms with Gasteiger partial charge in [-0.05, 0) is 31.5 Å². The summed E-state index contributed by atoms with van der Waals surface area (Å²) in [6, 6.07) is 17.3. The fourth-order valence-corrected chi connectivity index (χ4v) is 7.91. The molecule has 2 amide bonds. The van der Waals surface area contributed by atoms with Crippen LogP contribution in [0.1, 0.15) is 19.4 Å². The van der Waals surface area contributed by atoms with Gasteiger partial charge in [-0.15, -0.1) is 0 Å². The van der Waals surface area contributed by atoms with E-state index in [9.17, 15) is 27.9 Å². The first-order valence-corrected chi connectivity index (χ1v) is 14.1. The average molecular weight is 542 g/mol. The molecule has 0 aliphatic carbocycles. The van der Waals surface area contributed by atoms with Crippen molar-refractivity contribution in [2.24, 2.45) is 5.92 Å². The van der Waals surface area contributed by atoms with Gasteiger partial charge in [-0.1, -0.05) is 48.5 Å². The number of β-lactam (4-membered cyclic amide) rings is 1. The molecule has 0 unspecified atom stereocenters. The third-order valence-electron chi connectivity index (χ3n) is 7.86. The fraction of sp³-hybridized carbons (Fsp3) is 0.444. The van der Waals surface area contributed by atoms with E-state index in [-0.39, 0.29) is 6.61 Å². The number of carbonyl (C=O) groups excluding carboxylic acids is 3. The van der Waals surface area contributed by atoms with E-state index in [0.717, 1.165) is 16.2 Å². The van der Waals surface area contributed by atoms with E-state index in [4.69, 9.17) is 4.74 Å². The predicted molar refractivity (Wildman–Crippen MR) is 138 cm³/mol. The molecule has 1 N–H and O–H groups in total. The van der Waals surface area contributed by atoms with Crippen molar-refractivity contribution >= 4 is 33.3 Å². The molecule has 10 nitrogen and oxygen atoms in total. The highest BCUT2D eigenvalue weighted by molar-refractivity contribution is 7.93. The molecule has 3 heterocycles. The first-order valence-electron chi connectivity index (χ1n) is 12.6. The number of anilines is 1. The van der Waals surface area contributed by atoms with Gasteiger partial charge in [-0.2, -0.15) is 0 Å². The Morgan fingerprint density at radius 3 is 2.18 bits per heavy atom. The summed E-state index contributed by atoms with van der Waals surface area (Å²) in [6.07, 6.45) is -1.82. The molecular weight excluding hydrogens is 510 g/mol. The maximum absolute atomic E-state index is 13.5. The van der Waals surface area contributed by atoms with E-state index >= 15 is 0 Å². The number of hydrogen-bond donors (Lipinski definition) is 1. The number of para-hydroxylation sites is 1. The van der Waals surface area contributed by atoms with Crippen molar-refractivity contribution in [2.75, 3.05) is 31.1 Å². The molecule has 3 aliphatic heterocycles. The van der Waals surface area contributed by atoms with E-state index in [1.54, 1.807) is 24.3 Å². The van der Waals surface area contributed by atoms with Crippen LogP contribution in [0.25, 0.3) is 0 Å². The quantitative estimate of drug-likeness (QED) is 0.421. The zero-order chi connectivity index (χ0) is 27.2. The largest absolute Gasteiger partial charge is 0.459 e. The summed E-state index contributed by atoms with van der Waals surface area (Å²) in [5.41, 5.74) is 1.74. The molecule has 0 saturated carbocycles. The van der Waals surface area contributed by atoms with Crippen LogP contribution in [0.15, 0.2) is 60.7 Å². The number of carbonyl (C=O) groups is 3. The van der Waals surface area contributed by atoms with Crippen LogP contribution in [-0.4, -0.2) is 89.6 Å². The Hall–Kier alpha value is -3.44. The first kappa shape index (κ1) is 26.2. The molecule has 0 radical (unpaired) electrons. The SMILES string of the molecule is CC1(C)[C@H](C(=O)OCc2ccccc2)N2C(=O)[C@@H]([C@H](O)C(=O)N3CCN(c4ccccc4)CC3)[C@H]2S1(=O)=O. The minimum Gasteiger partial charge on any atom is -0.459 e. The Bertz CT molecular complexity index is 1320. The van der Waals surface area contributed by atoms with Gasteiger partial charge in [0.15, 0.2) is 9.84 Å². The van der Waals surface area contributed by atoms with Gasteiger partial charge in [0.1, 0.15) is 30.0 Å². The van der Waals surface area contributed by atoms with Crippen molar-refractivity contribution in [1.29, 1.82) is 0 Å². The summed E-state index contributed by atoms with van der Waals surface area (Å²) in [4.78, 5) is 43.9. The molecule has 2 aromatic rings. The van der Waals surface area contributed by atoms with Gasteiger partial charge in [-0.3, -0.25) is 9.59 Å². The number of aliphatic hydroxyl groups excluding tert-OH is 1. The Balaban J connectivity index is 1.28. The van der Waals surface area contributed by atoms with Crippen LogP contribution >= 0.6 is 0 Å². The molecule has 3 saturated heterocycles. The lowest BCUT2D eigenvalue weighted by Gasteiger charge is -2.45. The molecule has 2 aromatic carbocycles. The van der Waals surface area contributed by atoms with Gasteiger partial charge in [0.25, 0.3) is 5.91 Å². The highest BCUT2D eigenvalue weighted by Crippen LogP contribution is 2.50. The van der Waals surface area contributed by atoms with Gasteiger partial charge in [-0.25, -0.2) is 13.2 Å². The minimum atomic E-state index is -4.11. The lowest BCUT2D eigenvalue weighted by atomic mass is 9.87. The monoisotopic (exact) mass is 541 g/mol. The Kier molecular flexibility index (Phi) is 6.68. The molecule has 0 bridgehead atoms. The lowest BCUT2D eigenvalue weighted by Crippen LogP contribution is -2.68. The van der Waals surface area contributed by atoms with Gasteiger partial charge in [0, 0.05) is 31.9 Å². The topological polar surface area (TPSA) is 125 Å². The molecule has 5 rings (SSSR count). The smallest absolute Gasteiger partial charge is 0.330 e. The maximum atomic E-state index is 13.5. The molecule has 0 spiro atoms. The number of ether oxygens (including phenoxy) is 1. The Morgan fingerprint density at radius 1 is 1.00 bits per heavy atom. The van der Waals surface area contributed by atoms with E-state index in [1.807, 2.05) is 36.4 Å². The summed E-state index contributed by atoms with van der Waals surface area (Å²) in [5.74, 6) is -3.73. The summed E-state index contributed by atoms with van der Waals surface area (Å²) < 4.78 is 30.7. The van der Waals surface area contributed by atoms with E-state index < -0.39 is 55.8 Å². The van der Waals surface area contributed by atoms with E-state index in [0.29, 0.717) is 26.2 Å². The average Bonchev–Trinajstić information content (AvgIpc) is 3.07. The van der Waals surface area contributed by atoms with Crippen molar-refractivity contribution in [3.63, 3.8) is 0 Å². The van der Waals surface area contributed by atoms with Crippen molar-refractivity contribution in [1.82, 2.24) is 9.80 Å². The molecule has 3 aliphatic rings. The molecule has 3 fully saturated rings. The second kappa shape index (κ2) is 9.70. The second-order valence-electron chi connectivity index (χ2n) is 10.4. The van der Waals surface area contributed by atoms with Crippen molar-refractivity contribution in [2.45, 2.75) is 42.7 Å². The first-order chi connectivity index (χ1) is 18.1. The number of hydrogen-bond acceptors (Lipinski definition) is 8. The van der Waals surface area contributed by atoms with Crippen LogP contribution in [0.2, 0.25) is 0 Å². The fourth-order valence-electron chi connectivity index (χ4n) is 5.59. The molecule has 0 aromatic heterocycles. The number of aliphatic hydroxyl groups is 1. The molecular formula is C27H31N3O7S. The Morgan fingerprint density at radius 2 is 1.58 bits per heavy atom. The molecule has 4 atom stereocenters. The van der Waals surface area contributed by atoms with Gasteiger partial charge < -0.3 is 24.5 Å². The zero-order valence-corrected chi connectivity index (χ0v) is 22.1. The number of benzene rings is 2.